The Kier molecular flexibility index (Phi) is 3.92. The molecule has 0 aliphatic carbocycles. The van der Waals surface area contributed by atoms with Crippen LogP contribution >= 0.6 is 0 Å². The molecule has 1 unspecified atom stereocenters. The fourth-order valence-electron chi connectivity index (χ4n) is 1.96. The summed E-state index contributed by atoms with van der Waals surface area (Å²) in [6, 6.07) is 12.7. The molecule has 3 N–H and O–H groups in total. The van der Waals surface area contributed by atoms with Crippen LogP contribution in [0.15, 0.2) is 42.5 Å². The van der Waals surface area contributed by atoms with Crippen LogP contribution in [0.25, 0.3) is 0 Å². The summed E-state index contributed by atoms with van der Waals surface area (Å²) in [7, 11) is 3.09. The van der Waals surface area contributed by atoms with Crippen molar-refractivity contribution in [1.82, 2.24) is 0 Å². The van der Waals surface area contributed by atoms with Crippen molar-refractivity contribution >= 4 is 5.69 Å². The average molecular weight is 259 g/mol. The summed E-state index contributed by atoms with van der Waals surface area (Å²) in [6.45, 7) is 0. The second kappa shape index (κ2) is 5.63. The second-order valence-electron chi connectivity index (χ2n) is 4.15. The van der Waals surface area contributed by atoms with E-state index in [9.17, 15) is 5.11 Å². The normalized spacial score (nSPS) is 11.9. The van der Waals surface area contributed by atoms with Crippen molar-refractivity contribution in [3.8, 4) is 11.5 Å². The molecule has 0 heterocycles. The van der Waals surface area contributed by atoms with Gasteiger partial charge in [0.05, 0.1) is 14.2 Å². The van der Waals surface area contributed by atoms with Gasteiger partial charge < -0.3 is 20.3 Å². The predicted molar refractivity (Wildman–Crippen MR) is 74.5 cm³/mol. The largest absolute Gasteiger partial charge is 0.493 e. The van der Waals surface area contributed by atoms with Crippen molar-refractivity contribution in [2.45, 2.75) is 6.10 Å². The van der Waals surface area contributed by atoms with Gasteiger partial charge in [0.1, 0.15) is 6.10 Å². The third-order valence-corrected chi connectivity index (χ3v) is 3.00. The molecule has 0 aliphatic rings. The molecule has 1 atom stereocenters. The number of aliphatic hydroxyl groups is 1. The SMILES string of the molecule is COc1cc(N)c(C(O)c2ccccc2)cc1OC. The summed E-state index contributed by atoms with van der Waals surface area (Å²) in [5, 5.41) is 10.4. The molecule has 0 saturated heterocycles. The molecule has 0 amide bonds. The summed E-state index contributed by atoms with van der Waals surface area (Å²) in [5.41, 5.74) is 7.81. The summed E-state index contributed by atoms with van der Waals surface area (Å²) >= 11 is 0. The lowest BCUT2D eigenvalue weighted by molar-refractivity contribution is 0.220. The number of hydrogen-bond donors (Lipinski definition) is 2. The van der Waals surface area contributed by atoms with Gasteiger partial charge in [-0.15, -0.1) is 0 Å². The summed E-state index contributed by atoms with van der Waals surface area (Å²) in [4.78, 5) is 0. The van der Waals surface area contributed by atoms with Crippen molar-refractivity contribution in [3.05, 3.63) is 53.6 Å². The Labute approximate surface area is 112 Å². The van der Waals surface area contributed by atoms with Gasteiger partial charge in [-0.05, 0) is 11.6 Å². The number of methoxy groups -OCH3 is 2. The monoisotopic (exact) mass is 259 g/mol. The molecule has 0 radical (unpaired) electrons. The zero-order valence-corrected chi connectivity index (χ0v) is 11.0. The number of anilines is 1. The standard InChI is InChI=1S/C15H17NO3/c1-18-13-8-11(12(16)9-14(13)19-2)15(17)10-6-4-3-5-7-10/h3-9,15,17H,16H2,1-2H3. The Morgan fingerprint density at radius 1 is 1.00 bits per heavy atom. The third-order valence-electron chi connectivity index (χ3n) is 3.00. The van der Waals surface area contributed by atoms with Crippen molar-refractivity contribution in [2.24, 2.45) is 0 Å². The van der Waals surface area contributed by atoms with Gasteiger partial charge in [0.15, 0.2) is 11.5 Å². The predicted octanol–water partition coefficient (Wildman–Crippen LogP) is 2.37. The van der Waals surface area contributed by atoms with Crippen LogP contribution in [0.2, 0.25) is 0 Å². The molecule has 0 saturated carbocycles. The first-order valence-corrected chi connectivity index (χ1v) is 5.91. The maximum Gasteiger partial charge on any atom is 0.162 e. The van der Waals surface area contributed by atoms with E-state index in [2.05, 4.69) is 0 Å². The minimum Gasteiger partial charge on any atom is -0.493 e. The van der Waals surface area contributed by atoms with Gasteiger partial charge >= 0.3 is 0 Å². The number of aliphatic hydroxyl groups excluding tert-OH is 1. The molecule has 2 aromatic rings. The van der Waals surface area contributed by atoms with Crippen LogP contribution in [0, 0.1) is 0 Å². The van der Waals surface area contributed by atoms with Gasteiger partial charge in [0.2, 0.25) is 0 Å². The summed E-state index contributed by atoms with van der Waals surface area (Å²) in [6.07, 6.45) is -0.791. The topological polar surface area (TPSA) is 64.7 Å². The molecule has 0 aliphatic heterocycles. The zero-order chi connectivity index (χ0) is 13.8. The average Bonchev–Trinajstić information content (AvgIpc) is 2.47. The highest BCUT2D eigenvalue weighted by Gasteiger charge is 2.17. The summed E-state index contributed by atoms with van der Waals surface area (Å²) < 4.78 is 10.4. The van der Waals surface area contributed by atoms with Crippen LogP contribution in [0.4, 0.5) is 5.69 Å². The first-order chi connectivity index (χ1) is 9.17. The third kappa shape index (κ3) is 2.63. The Bertz CT molecular complexity index is 555. The number of hydrogen-bond acceptors (Lipinski definition) is 4. The molecule has 100 valence electrons. The maximum absolute atomic E-state index is 10.4. The Morgan fingerprint density at radius 3 is 2.16 bits per heavy atom. The minimum absolute atomic E-state index is 0.467. The molecule has 0 spiro atoms. The van der Waals surface area contributed by atoms with Gasteiger partial charge in [-0.1, -0.05) is 30.3 Å². The number of nitrogens with two attached hydrogens (primary N) is 1. The lowest BCUT2D eigenvalue weighted by Gasteiger charge is -2.17. The number of nitrogen functional groups attached to an aromatic ring is 1. The number of rotatable bonds is 4. The van der Waals surface area contributed by atoms with Gasteiger partial charge in [-0.2, -0.15) is 0 Å². The van der Waals surface area contributed by atoms with Crippen LogP contribution < -0.4 is 15.2 Å². The second-order valence-corrected chi connectivity index (χ2v) is 4.15. The number of benzene rings is 2. The first-order valence-electron chi connectivity index (χ1n) is 5.91. The molecular weight excluding hydrogens is 242 g/mol. The summed E-state index contributed by atoms with van der Waals surface area (Å²) in [5.74, 6) is 1.09. The quantitative estimate of drug-likeness (QED) is 0.827. The van der Waals surface area contributed by atoms with Gasteiger partial charge in [0, 0.05) is 17.3 Å². The van der Waals surface area contributed by atoms with Crippen molar-refractivity contribution in [2.75, 3.05) is 20.0 Å². The van der Waals surface area contributed by atoms with E-state index in [1.54, 1.807) is 26.4 Å². The Hall–Kier alpha value is -2.20. The van der Waals surface area contributed by atoms with E-state index in [-0.39, 0.29) is 0 Å². The first kappa shape index (κ1) is 13.2. The van der Waals surface area contributed by atoms with E-state index in [4.69, 9.17) is 15.2 Å². The maximum atomic E-state index is 10.4. The van der Waals surface area contributed by atoms with E-state index >= 15 is 0 Å². The van der Waals surface area contributed by atoms with Crippen LogP contribution in [-0.4, -0.2) is 19.3 Å². The van der Waals surface area contributed by atoms with Crippen LogP contribution in [-0.2, 0) is 0 Å². The fraction of sp³-hybridized carbons (Fsp3) is 0.200. The van der Waals surface area contributed by atoms with Gasteiger partial charge in [-0.25, -0.2) is 0 Å². The highest BCUT2D eigenvalue weighted by Crippen LogP contribution is 2.36. The van der Waals surface area contributed by atoms with Gasteiger partial charge in [-0.3, -0.25) is 0 Å². The molecule has 19 heavy (non-hydrogen) atoms. The van der Waals surface area contributed by atoms with E-state index < -0.39 is 6.10 Å². The highest BCUT2D eigenvalue weighted by molar-refractivity contribution is 5.60. The molecule has 2 rings (SSSR count). The van der Waals surface area contributed by atoms with Crippen LogP contribution in [0.3, 0.4) is 0 Å². The molecule has 4 nitrogen and oxygen atoms in total. The minimum atomic E-state index is -0.791. The van der Waals surface area contributed by atoms with Crippen LogP contribution in [0.1, 0.15) is 17.2 Å². The Morgan fingerprint density at radius 2 is 1.58 bits per heavy atom. The molecule has 0 aromatic heterocycles. The smallest absolute Gasteiger partial charge is 0.162 e. The number of ether oxygens (including phenoxy) is 2. The van der Waals surface area contributed by atoms with Crippen molar-refractivity contribution in [1.29, 1.82) is 0 Å². The zero-order valence-electron chi connectivity index (χ0n) is 11.0. The lowest BCUT2D eigenvalue weighted by Crippen LogP contribution is -2.05. The van der Waals surface area contributed by atoms with Crippen molar-refractivity contribution < 1.29 is 14.6 Å². The highest BCUT2D eigenvalue weighted by atomic mass is 16.5. The van der Waals surface area contributed by atoms with Crippen molar-refractivity contribution in [3.63, 3.8) is 0 Å². The Balaban J connectivity index is 2.45. The molecule has 0 bridgehead atoms. The van der Waals surface area contributed by atoms with E-state index in [1.807, 2.05) is 30.3 Å². The van der Waals surface area contributed by atoms with E-state index in [0.717, 1.165) is 5.56 Å². The molecular formula is C15H17NO3. The van der Waals surface area contributed by atoms with E-state index in [0.29, 0.717) is 22.7 Å². The van der Waals surface area contributed by atoms with Gasteiger partial charge in [0.25, 0.3) is 0 Å². The lowest BCUT2D eigenvalue weighted by atomic mass is 9.99. The molecule has 0 fully saturated rings. The molecule has 2 aromatic carbocycles. The fourth-order valence-corrected chi connectivity index (χ4v) is 1.96. The molecule has 4 heteroatoms. The van der Waals surface area contributed by atoms with E-state index in [1.165, 1.54) is 0 Å². The van der Waals surface area contributed by atoms with Crippen LogP contribution in [0.5, 0.6) is 11.5 Å².